The zero-order chi connectivity index (χ0) is 13.8. The minimum atomic E-state index is -0.310. The summed E-state index contributed by atoms with van der Waals surface area (Å²) in [5, 5.41) is 3.31. The Hall–Kier alpha value is -0.650. The molecule has 0 bridgehead atoms. The van der Waals surface area contributed by atoms with Crippen LogP contribution < -0.4 is 10.1 Å². The van der Waals surface area contributed by atoms with Crippen LogP contribution in [0.25, 0.3) is 0 Å². The predicted molar refractivity (Wildman–Crippen MR) is 76.0 cm³/mol. The van der Waals surface area contributed by atoms with Crippen LogP contribution in [-0.2, 0) is 4.74 Å². The Labute approximate surface area is 121 Å². The van der Waals surface area contributed by atoms with E-state index in [2.05, 4.69) is 21.2 Å². The van der Waals surface area contributed by atoms with Crippen LogP contribution in [0, 0.1) is 11.7 Å². The van der Waals surface area contributed by atoms with Crippen molar-refractivity contribution >= 4 is 15.9 Å². The average molecular weight is 332 g/mol. The van der Waals surface area contributed by atoms with Gasteiger partial charge in [0, 0.05) is 30.2 Å². The van der Waals surface area contributed by atoms with Gasteiger partial charge in [-0.3, -0.25) is 0 Å². The first-order valence-corrected chi connectivity index (χ1v) is 7.24. The minimum absolute atomic E-state index is 0.104. The summed E-state index contributed by atoms with van der Waals surface area (Å²) in [4.78, 5) is 0. The van der Waals surface area contributed by atoms with Crippen molar-refractivity contribution in [2.45, 2.75) is 18.9 Å². The molecule has 1 N–H and O–H groups in total. The van der Waals surface area contributed by atoms with E-state index in [9.17, 15) is 4.39 Å². The van der Waals surface area contributed by atoms with E-state index in [1.54, 1.807) is 13.2 Å². The number of rotatable bonds is 4. The highest BCUT2D eigenvalue weighted by Crippen LogP contribution is 2.36. The lowest BCUT2D eigenvalue weighted by atomic mass is 9.88. The van der Waals surface area contributed by atoms with Crippen LogP contribution in [0.5, 0.6) is 5.75 Å². The highest BCUT2D eigenvalue weighted by Gasteiger charge is 2.27. The third kappa shape index (κ3) is 3.27. The molecule has 1 fully saturated rings. The molecular formula is C14H19BrFNO2. The fourth-order valence-corrected chi connectivity index (χ4v) is 3.00. The average Bonchev–Trinajstić information content (AvgIpc) is 2.44. The molecule has 1 aliphatic heterocycles. The van der Waals surface area contributed by atoms with Gasteiger partial charge in [-0.25, -0.2) is 4.39 Å². The van der Waals surface area contributed by atoms with E-state index in [-0.39, 0.29) is 11.9 Å². The summed E-state index contributed by atoms with van der Waals surface area (Å²) < 4.78 is 24.9. The molecule has 1 saturated heterocycles. The van der Waals surface area contributed by atoms with Crippen LogP contribution in [0.15, 0.2) is 16.6 Å². The van der Waals surface area contributed by atoms with Crippen LogP contribution in [-0.4, -0.2) is 27.4 Å². The van der Waals surface area contributed by atoms with E-state index in [1.807, 2.05) is 7.05 Å². The van der Waals surface area contributed by atoms with E-state index in [0.29, 0.717) is 16.1 Å². The van der Waals surface area contributed by atoms with Gasteiger partial charge in [-0.1, -0.05) is 0 Å². The van der Waals surface area contributed by atoms with Crippen LogP contribution in [0.2, 0.25) is 0 Å². The Balaban J connectivity index is 2.33. The highest BCUT2D eigenvalue weighted by atomic mass is 79.9. The Morgan fingerprint density at radius 3 is 2.89 bits per heavy atom. The number of ether oxygens (including phenoxy) is 2. The monoisotopic (exact) mass is 331 g/mol. The van der Waals surface area contributed by atoms with Crippen LogP contribution in [0.1, 0.15) is 24.4 Å². The maximum absolute atomic E-state index is 13.6. The van der Waals surface area contributed by atoms with E-state index in [0.717, 1.165) is 31.6 Å². The molecular weight excluding hydrogens is 313 g/mol. The van der Waals surface area contributed by atoms with Crippen molar-refractivity contribution in [2.75, 3.05) is 27.4 Å². The van der Waals surface area contributed by atoms with Crippen molar-refractivity contribution in [3.05, 3.63) is 28.0 Å². The summed E-state index contributed by atoms with van der Waals surface area (Å²) in [6, 6.07) is 3.32. The smallest absolute Gasteiger partial charge is 0.141 e. The molecule has 0 spiro atoms. The zero-order valence-corrected chi connectivity index (χ0v) is 12.8. The second kappa shape index (κ2) is 6.68. The molecule has 2 atom stereocenters. The lowest BCUT2D eigenvalue weighted by Gasteiger charge is -2.31. The number of halogens is 2. The molecule has 106 valence electrons. The molecule has 0 amide bonds. The Bertz CT molecular complexity index is 436. The quantitative estimate of drug-likeness (QED) is 0.918. The van der Waals surface area contributed by atoms with Gasteiger partial charge < -0.3 is 14.8 Å². The fraction of sp³-hybridized carbons (Fsp3) is 0.571. The lowest BCUT2D eigenvalue weighted by molar-refractivity contribution is 0.0398. The summed E-state index contributed by atoms with van der Waals surface area (Å²) in [6.07, 6.45) is 2.16. The number of hydrogen-bond acceptors (Lipinski definition) is 3. The van der Waals surface area contributed by atoms with Gasteiger partial charge in [-0.05, 0) is 41.9 Å². The minimum Gasteiger partial charge on any atom is -0.496 e. The zero-order valence-electron chi connectivity index (χ0n) is 11.2. The fourth-order valence-electron chi connectivity index (χ4n) is 2.64. The molecule has 2 rings (SSSR count). The largest absolute Gasteiger partial charge is 0.496 e. The second-order valence-corrected chi connectivity index (χ2v) is 5.61. The summed E-state index contributed by atoms with van der Waals surface area (Å²) in [7, 11) is 3.48. The summed E-state index contributed by atoms with van der Waals surface area (Å²) in [5.41, 5.74) is 0.966. The van der Waals surface area contributed by atoms with Crippen molar-refractivity contribution in [1.29, 1.82) is 0 Å². The SMILES string of the molecule is CNC(c1cc(Br)c(F)cc1OC)C1CCCOC1. The van der Waals surface area contributed by atoms with Gasteiger partial charge in [0.1, 0.15) is 11.6 Å². The number of nitrogens with one attached hydrogen (secondary N) is 1. The molecule has 1 aliphatic rings. The van der Waals surface area contributed by atoms with Crippen molar-refractivity contribution in [2.24, 2.45) is 5.92 Å². The molecule has 19 heavy (non-hydrogen) atoms. The molecule has 1 aromatic carbocycles. The molecule has 0 radical (unpaired) electrons. The van der Waals surface area contributed by atoms with Gasteiger partial charge in [-0.15, -0.1) is 0 Å². The standard InChI is InChI=1S/C14H19BrFNO2/c1-17-14(9-4-3-5-19-8-9)10-6-11(15)12(16)7-13(10)18-2/h6-7,9,14,17H,3-5,8H2,1-2H3. The molecule has 0 saturated carbocycles. The first kappa shape index (κ1) is 14.8. The number of benzene rings is 1. The molecule has 0 aliphatic carbocycles. The van der Waals surface area contributed by atoms with Crippen LogP contribution in [0.4, 0.5) is 4.39 Å². The van der Waals surface area contributed by atoms with E-state index >= 15 is 0 Å². The summed E-state index contributed by atoms with van der Waals surface area (Å²) in [5.74, 6) is 0.644. The van der Waals surface area contributed by atoms with Crippen molar-refractivity contribution in [3.63, 3.8) is 0 Å². The third-order valence-electron chi connectivity index (χ3n) is 3.59. The van der Waals surface area contributed by atoms with E-state index in [4.69, 9.17) is 9.47 Å². The van der Waals surface area contributed by atoms with Gasteiger partial charge >= 0.3 is 0 Å². The Morgan fingerprint density at radius 1 is 1.53 bits per heavy atom. The molecule has 1 aromatic rings. The van der Waals surface area contributed by atoms with Crippen LogP contribution >= 0.6 is 15.9 Å². The van der Waals surface area contributed by atoms with Gasteiger partial charge in [0.2, 0.25) is 0 Å². The normalized spacial score (nSPS) is 21.2. The van der Waals surface area contributed by atoms with Gasteiger partial charge in [0.15, 0.2) is 0 Å². The van der Waals surface area contributed by atoms with Crippen molar-refractivity contribution < 1.29 is 13.9 Å². The maximum Gasteiger partial charge on any atom is 0.141 e. The van der Waals surface area contributed by atoms with Gasteiger partial charge in [0.05, 0.1) is 18.2 Å². The molecule has 0 aromatic heterocycles. The Kier molecular flexibility index (Phi) is 5.19. The van der Waals surface area contributed by atoms with Crippen molar-refractivity contribution in [3.8, 4) is 5.75 Å². The number of methoxy groups -OCH3 is 1. The predicted octanol–water partition coefficient (Wildman–Crippen LogP) is 3.28. The number of hydrogen-bond donors (Lipinski definition) is 1. The molecule has 5 heteroatoms. The first-order chi connectivity index (χ1) is 9.17. The molecule has 1 heterocycles. The summed E-state index contributed by atoms with van der Waals surface area (Å²) in [6.45, 7) is 1.56. The van der Waals surface area contributed by atoms with Gasteiger partial charge in [0.25, 0.3) is 0 Å². The lowest BCUT2D eigenvalue weighted by Crippen LogP contribution is -2.31. The van der Waals surface area contributed by atoms with Crippen LogP contribution in [0.3, 0.4) is 0 Å². The molecule has 3 nitrogen and oxygen atoms in total. The second-order valence-electron chi connectivity index (χ2n) is 4.75. The van der Waals surface area contributed by atoms with E-state index in [1.165, 1.54) is 6.07 Å². The molecule has 2 unspecified atom stereocenters. The topological polar surface area (TPSA) is 30.5 Å². The third-order valence-corrected chi connectivity index (χ3v) is 4.19. The maximum atomic E-state index is 13.6. The summed E-state index contributed by atoms with van der Waals surface area (Å²) >= 11 is 3.24. The Morgan fingerprint density at radius 2 is 2.32 bits per heavy atom. The van der Waals surface area contributed by atoms with Crippen molar-refractivity contribution in [1.82, 2.24) is 5.32 Å². The van der Waals surface area contributed by atoms with E-state index < -0.39 is 0 Å². The first-order valence-electron chi connectivity index (χ1n) is 6.45. The highest BCUT2D eigenvalue weighted by molar-refractivity contribution is 9.10. The van der Waals surface area contributed by atoms with Gasteiger partial charge in [-0.2, -0.15) is 0 Å².